The maximum Gasteiger partial charge on any atom is 0.128 e. The molecule has 4 heteroatoms. The van der Waals surface area contributed by atoms with Crippen LogP contribution in [0, 0.1) is 17.7 Å². The Hall–Kier alpha value is -2.12. The van der Waals surface area contributed by atoms with Crippen LogP contribution >= 0.6 is 0 Å². The van der Waals surface area contributed by atoms with Crippen molar-refractivity contribution < 1.29 is 4.39 Å². The minimum absolute atomic E-state index is 0.224. The van der Waals surface area contributed by atoms with E-state index in [1.54, 1.807) is 35.3 Å². The Bertz CT molecular complexity index is 563. The summed E-state index contributed by atoms with van der Waals surface area (Å²) < 4.78 is 15.1. The molecule has 0 amide bonds. The van der Waals surface area contributed by atoms with Crippen LogP contribution in [0.1, 0.15) is 11.1 Å². The molecule has 0 saturated carbocycles. The van der Waals surface area contributed by atoms with E-state index in [2.05, 4.69) is 16.9 Å². The number of hydrogen-bond acceptors (Lipinski definition) is 2. The monoisotopic (exact) mass is 229 g/mol. The number of benzene rings is 1. The minimum atomic E-state index is -0.224. The van der Waals surface area contributed by atoms with Gasteiger partial charge >= 0.3 is 0 Å². The van der Waals surface area contributed by atoms with Crippen molar-refractivity contribution in [1.29, 1.82) is 0 Å². The van der Waals surface area contributed by atoms with E-state index in [9.17, 15) is 4.39 Å². The third kappa shape index (κ3) is 2.92. The fourth-order valence-corrected chi connectivity index (χ4v) is 1.47. The number of aromatic nitrogens is 2. The van der Waals surface area contributed by atoms with E-state index in [1.807, 2.05) is 0 Å². The number of halogens is 1. The molecule has 0 spiro atoms. The SMILES string of the molecule is NCC#Cc1cnn(Cc2ccccc2F)c1. The van der Waals surface area contributed by atoms with Gasteiger partial charge in [-0.15, -0.1) is 0 Å². The van der Waals surface area contributed by atoms with Crippen molar-refractivity contribution in [3.63, 3.8) is 0 Å². The van der Waals surface area contributed by atoms with Crippen LogP contribution in [0.4, 0.5) is 4.39 Å². The average molecular weight is 229 g/mol. The lowest BCUT2D eigenvalue weighted by Crippen LogP contribution is -2.01. The van der Waals surface area contributed by atoms with Crippen molar-refractivity contribution in [1.82, 2.24) is 9.78 Å². The molecule has 2 rings (SSSR count). The van der Waals surface area contributed by atoms with E-state index in [0.717, 1.165) is 5.56 Å². The Balaban J connectivity index is 2.14. The minimum Gasteiger partial charge on any atom is -0.320 e. The second-order valence-electron chi connectivity index (χ2n) is 3.52. The smallest absolute Gasteiger partial charge is 0.128 e. The van der Waals surface area contributed by atoms with Gasteiger partial charge in [0.1, 0.15) is 5.82 Å². The lowest BCUT2D eigenvalue weighted by atomic mass is 10.2. The van der Waals surface area contributed by atoms with E-state index < -0.39 is 0 Å². The van der Waals surface area contributed by atoms with Crippen molar-refractivity contribution in [2.24, 2.45) is 5.73 Å². The fourth-order valence-electron chi connectivity index (χ4n) is 1.47. The van der Waals surface area contributed by atoms with Gasteiger partial charge in [-0.25, -0.2) is 4.39 Å². The first-order valence-corrected chi connectivity index (χ1v) is 5.24. The molecule has 86 valence electrons. The van der Waals surface area contributed by atoms with Crippen LogP contribution in [0.2, 0.25) is 0 Å². The van der Waals surface area contributed by atoms with Crippen LogP contribution in [0.5, 0.6) is 0 Å². The first kappa shape index (κ1) is 11.4. The molecule has 0 aliphatic rings. The third-order valence-electron chi connectivity index (χ3n) is 2.26. The van der Waals surface area contributed by atoms with Gasteiger partial charge in [-0.1, -0.05) is 30.0 Å². The molecule has 0 atom stereocenters. The molecule has 0 aliphatic heterocycles. The molecule has 0 saturated heterocycles. The summed E-state index contributed by atoms with van der Waals surface area (Å²) in [5, 5.41) is 4.11. The molecule has 0 fully saturated rings. The van der Waals surface area contributed by atoms with Gasteiger partial charge in [0.25, 0.3) is 0 Å². The zero-order valence-electron chi connectivity index (χ0n) is 9.23. The second kappa shape index (κ2) is 5.28. The number of nitrogens with two attached hydrogens (primary N) is 1. The normalized spacial score (nSPS) is 9.76. The van der Waals surface area contributed by atoms with Crippen molar-refractivity contribution in [2.45, 2.75) is 6.54 Å². The quantitative estimate of drug-likeness (QED) is 0.791. The number of hydrogen-bond donors (Lipinski definition) is 1. The van der Waals surface area contributed by atoms with E-state index in [-0.39, 0.29) is 5.82 Å². The highest BCUT2D eigenvalue weighted by Gasteiger charge is 2.02. The lowest BCUT2D eigenvalue weighted by molar-refractivity contribution is 0.585. The Morgan fingerprint density at radius 1 is 1.35 bits per heavy atom. The Morgan fingerprint density at radius 2 is 2.18 bits per heavy atom. The number of nitrogens with zero attached hydrogens (tertiary/aromatic N) is 2. The van der Waals surface area contributed by atoms with Gasteiger partial charge in [0.05, 0.1) is 24.8 Å². The van der Waals surface area contributed by atoms with Crippen LogP contribution in [0.25, 0.3) is 0 Å². The predicted octanol–water partition coefficient (Wildman–Crippen LogP) is 1.38. The molecule has 0 aliphatic carbocycles. The van der Waals surface area contributed by atoms with Crippen molar-refractivity contribution in [3.05, 3.63) is 53.6 Å². The highest BCUT2D eigenvalue weighted by molar-refractivity contribution is 5.30. The van der Waals surface area contributed by atoms with Crippen molar-refractivity contribution in [3.8, 4) is 11.8 Å². The summed E-state index contributed by atoms with van der Waals surface area (Å²) in [7, 11) is 0. The molecule has 2 N–H and O–H groups in total. The Morgan fingerprint density at radius 3 is 2.94 bits per heavy atom. The molecule has 2 aromatic rings. The second-order valence-corrected chi connectivity index (χ2v) is 3.52. The molecule has 1 aromatic carbocycles. The van der Waals surface area contributed by atoms with Gasteiger partial charge in [-0.3, -0.25) is 4.68 Å². The summed E-state index contributed by atoms with van der Waals surface area (Å²) in [5.41, 5.74) is 6.67. The predicted molar refractivity (Wildman–Crippen MR) is 63.7 cm³/mol. The van der Waals surface area contributed by atoms with Crippen LogP contribution in [0.15, 0.2) is 36.7 Å². The summed E-state index contributed by atoms with van der Waals surface area (Å²) in [4.78, 5) is 0. The topological polar surface area (TPSA) is 43.8 Å². The van der Waals surface area contributed by atoms with Crippen LogP contribution < -0.4 is 5.73 Å². The molecule has 1 heterocycles. The zero-order chi connectivity index (χ0) is 12.1. The molecule has 1 aromatic heterocycles. The number of rotatable bonds is 2. The van der Waals surface area contributed by atoms with E-state index in [1.165, 1.54) is 6.07 Å². The first-order valence-electron chi connectivity index (χ1n) is 5.24. The maximum atomic E-state index is 13.4. The van der Waals surface area contributed by atoms with Gasteiger partial charge in [0.15, 0.2) is 0 Å². The molecular formula is C13H12FN3. The van der Waals surface area contributed by atoms with Crippen LogP contribution in [0.3, 0.4) is 0 Å². The van der Waals surface area contributed by atoms with Crippen molar-refractivity contribution >= 4 is 0 Å². The lowest BCUT2D eigenvalue weighted by Gasteiger charge is -2.02. The molecule has 0 unspecified atom stereocenters. The van der Waals surface area contributed by atoms with E-state index >= 15 is 0 Å². The largest absolute Gasteiger partial charge is 0.320 e. The van der Waals surface area contributed by atoms with Crippen molar-refractivity contribution in [2.75, 3.05) is 6.54 Å². The summed E-state index contributed by atoms with van der Waals surface area (Å²) in [5.74, 6) is 5.39. The Labute approximate surface area is 99.1 Å². The highest BCUT2D eigenvalue weighted by Crippen LogP contribution is 2.08. The van der Waals surface area contributed by atoms with E-state index in [4.69, 9.17) is 5.73 Å². The zero-order valence-corrected chi connectivity index (χ0v) is 9.23. The fraction of sp³-hybridized carbons (Fsp3) is 0.154. The molecular weight excluding hydrogens is 217 g/mol. The molecule has 0 radical (unpaired) electrons. The van der Waals surface area contributed by atoms with E-state index in [0.29, 0.717) is 18.7 Å². The summed E-state index contributed by atoms with van der Waals surface area (Å²) in [6, 6.07) is 6.65. The van der Waals surface area contributed by atoms with Gasteiger partial charge in [-0.05, 0) is 6.07 Å². The summed E-state index contributed by atoms with van der Waals surface area (Å²) >= 11 is 0. The third-order valence-corrected chi connectivity index (χ3v) is 2.26. The van der Waals surface area contributed by atoms with Gasteiger partial charge in [0.2, 0.25) is 0 Å². The van der Waals surface area contributed by atoms with Gasteiger partial charge < -0.3 is 5.73 Å². The van der Waals surface area contributed by atoms with Crippen LogP contribution in [-0.4, -0.2) is 16.3 Å². The molecule has 3 nitrogen and oxygen atoms in total. The van der Waals surface area contributed by atoms with Crippen LogP contribution in [-0.2, 0) is 6.54 Å². The Kier molecular flexibility index (Phi) is 3.53. The molecule has 17 heavy (non-hydrogen) atoms. The standard InChI is InChI=1S/C13H12FN3/c14-13-6-2-1-5-12(13)10-17-9-11(8-16-17)4-3-7-15/h1-2,5-6,8-9H,7,10,15H2. The molecule has 0 bridgehead atoms. The summed E-state index contributed by atoms with van der Waals surface area (Å²) in [6.45, 7) is 0.718. The highest BCUT2D eigenvalue weighted by atomic mass is 19.1. The van der Waals surface area contributed by atoms with Gasteiger partial charge in [0, 0.05) is 11.8 Å². The average Bonchev–Trinajstić information content (AvgIpc) is 2.77. The van der Waals surface area contributed by atoms with Gasteiger partial charge in [-0.2, -0.15) is 5.10 Å². The summed E-state index contributed by atoms with van der Waals surface area (Å²) in [6.07, 6.45) is 3.42. The maximum absolute atomic E-state index is 13.4. The first-order chi connectivity index (χ1) is 8.29.